The zero-order valence-electron chi connectivity index (χ0n) is 10.7. The van der Waals surface area contributed by atoms with Crippen molar-refractivity contribution in [2.45, 2.75) is 25.8 Å². The maximum absolute atomic E-state index is 4.54. The summed E-state index contributed by atoms with van der Waals surface area (Å²) in [7, 11) is 2.18. The highest BCUT2D eigenvalue weighted by molar-refractivity contribution is 5.45. The Morgan fingerprint density at radius 1 is 1.41 bits per heavy atom. The van der Waals surface area contributed by atoms with Crippen LogP contribution in [0.2, 0.25) is 0 Å². The van der Waals surface area contributed by atoms with Crippen LogP contribution in [0.3, 0.4) is 0 Å². The SMILES string of the molecule is CCNc1cccc(NC2CCCN(C)C2)n1. The third-order valence-corrected chi connectivity index (χ3v) is 3.08. The number of piperidine rings is 1. The van der Waals surface area contributed by atoms with Crippen molar-refractivity contribution < 1.29 is 0 Å². The molecule has 17 heavy (non-hydrogen) atoms. The van der Waals surface area contributed by atoms with Gasteiger partial charge in [0.05, 0.1) is 0 Å². The molecule has 1 aromatic rings. The molecule has 0 aromatic carbocycles. The second-order valence-electron chi connectivity index (χ2n) is 4.68. The zero-order chi connectivity index (χ0) is 12.1. The van der Waals surface area contributed by atoms with Crippen LogP contribution < -0.4 is 10.6 Å². The third kappa shape index (κ3) is 3.60. The monoisotopic (exact) mass is 234 g/mol. The van der Waals surface area contributed by atoms with Gasteiger partial charge in [-0.2, -0.15) is 0 Å². The number of likely N-dealkylation sites (N-methyl/N-ethyl adjacent to an activating group) is 1. The van der Waals surface area contributed by atoms with E-state index >= 15 is 0 Å². The van der Waals surface area contributed by atoms with Gasteiger partial charge >= 0.3 is 0 Å². The van der Waals surface area contributed by atoms with E-state index in [0.29, 0.717) is 6.04 Å². The fraction of sp³-hybridized carbons (Fsp3) is 0.615. The molecule has 1 aliphatic heterocycles. The highest BCUT2D eigenvalue weighted by Gasteiger charge is 2.16. The highest BCUT2D eigenvalue weighted by Crippen LogP contribution is 2.15. The molecular formula is C13H22N4. The van der Waals surface area contributed by atoms with E-state index in [0.717, 1.165) is 24.7 Å². The Hall–Kier alpha value is -1.29. The maximum Gasteiger partial charge on any atom is 0.128 e. The number of aromatic nitrogens is 1. The topological polar surface area (TPSA) is 40.2 Å². The van der Waals surface area contributed by atoms with Gasteiger partial charge in [0.2, 0.25) is 0 Å². The molecule has 1 atom stereocenters. The molecule has 1 saturated heterocycles. The second-order valence-corrected chi connectivity index (χ2v) is 4.68. The molecule has 1 fully saturated rings. The number of anilines is 2. The van der Waals surface area contributed by atoms with E-state index in [1.165, 1.54) is 19.4 Å². The molecule has 2 rings (SSSR count). The van der Waals surface area contributed by atoms with Crippen LogP contribution in [-0.4, -0.2) is 42.6 Å². The summed E-state index contributed by atoms with van der Waals surface area (Å²) in [5, 5.41) is 6.75. The van der Waals surface area contributed by atoms with Crippen LogP contribution in [0.25, 0.3) is 0 Å². The Balaban J connectivity index is 1.95. The Bertz CT molecular complexity index is 353. The maximum atomic E-state index is 4.54. The van der Waals surface area contributed by atoms with E-state index < -0.39 is 0 Å². The van der Waals surface area contributed by atoms with Crippen LogP contribution in [0.15, 0.2) is 18.2 Å². The van der Waals surface area contributed by atoms with Crippen molar-refractivity contribution in [2.24, 2.45) is 0 Å². The number of nitrogens with one attached hydrogen (secondary N) is 2. The summed E-state index contributed by atoms with van der Waals surface area (Å²) in [5.41, 5.74) is 0. The zero-order valence-corrected chi connectivity index (χ0v) is 10.7. The second kappa shape index (κ2) is 5.87. The lowest BCUT2D eigenvalue weighted by molar-refractivity contribution is 0.261. The summed E-state index contributed by atoms with van der Waals surface area (Å²) in [4.78, 5) is 6.91. The van der Waals surface area contributed by atoms with E-state index in [1.54, 1.807) is 0 Å². The number of likely N-dealkylation sites (tertiary alicyclic amines) is 1. The van der Waals surface area contributed by atoms with Crippen LogP contribution in [0.4, 0.5) is 11.6 Å². The van der Waals surface area contributed by atoms with Gasteiger partial charge in [-0.1, -0.05) is 6.07 Å². The summed E-state index contributed by atoms with van der Waals surface area (Å²) in [6, 6.07) is 6.61. The van der Waals surface area contributed by atoms with E-state index in [-0.39, 0.29) is 0 Å². The number of hydrogen-bond donors (Lipinski definition) is 2. The van der Waals surface area contributed by atoms with Gasteiger partial charge in [0.15, 0.2) is 0 Å². The predicted octanol–water partition coefficient (Wildman–Crippen LogP) is 2.02. The van der Waals surface area contributed by atoms with Crippen LogP contribution in [0, 0.1) is 0 Å². The van der Waals surface area contributed by atoms with Crippen LogP contribution >= 0.6 is 0 Å². The molecule has 2 N–H and O–H groups in total. The fourth-order valence-corrected chi connectivity index (χ4v) is 2.29. The van der Waals surface area contributed by atoms with E-state index in [9.17, 15) is 0 Å². The predicted molar refractivity (Wildman–Crippen MR) is 72.5 cm³/mol. The van der Waals surface area contributed by atoms with E-state index in [2.05, 4.69) is 34.5 Å². The molecule has 1 aliphatic rings. The highest BCUT2D eigenvalue weighted by atomic mass is 15.2. The summed E-state index contributed by atoms with van der Waals surface area (Å²) in [6.45, 7) is 5.30. The standard InChI is InChI=1S/C13H22N4/c1-3-14-12-7-4-8-13(16-12)15-11-6-5-9-17(2)10-11/h4,7-8,11H,3,5-6,9-10H2,1-2H3,(H2,14,15,16). The summed E-state index contributed by atoms with van der Waals surface area (Å²) in [6.07, 6.45) is 2.50. The minimum atomic E-state index is 0.526. The Morgan fingerprint density at radius 3 is 3.00 bits per heavy atom. The molecule has 2 heterocycles. The average Bonchev–Trinajstić information content (AvgIpc) is 2.30. The first-order chi connectivity index (χ1) is 8.28. The quantitative estimate of drug-likeness (QED) is 0.836. The molecule has 4 nitrogen and oxygen atoms in total. The van der Waals surface area contributed by atoms with Gasteiger partial charge in [-0.25, -0.2) is 4.98 Å². The summed E-state index contributed by atoms with van der Waals surface area (Å²) >= 11 is 0. The van der Waals surface area contributed by atoms with Crippen LogP contribution in [0.5, 0.6) is 0 Å². The number of rotatable bonds is 4. The van der Waals surface area contributed by atoms with Gasteiger partial charge in [-0.15, -0.1) is 0 Å². The molecule has 0 aliphatic carbocycles. The molecule has 0 spiro atoms. The molecule has 1 unspecified atom stereocenters. The summed E-state index contributed by atoms with van der Waals surface area (Å²) in [5.74, 6) is 1.92. The molecule has 0 radical (unpaired) electrons. The van der Waals surface area contributed by atoms with Gasteiger partial charge in [-0.05, 0) is 45.5 Å². The van der Waals surface area contributed by atoms with Gasteiger partial charge < -0.3 is 15.5 Å². The smallest absolute Gasteiger partial charge is 0.128 e. The molecule has 0 saturated carbocycles. The van der Waals surface area contributed by atoms with Crippen molar-refractivity contribution in [1.29, 1.82) is 0 Å². The molecule has 94 valence electrons. The van der Waals surface area contributed by atoms with Gasteiger partial charge in [-0.3, -0.25) is 0 Å². The van der Waals surface area contributed by atoms with Gasteiger partial charge in [0, 0.05) is 19.1 Å². The molecule has 1 aromatic heterocycles. The Morgan fingerprint density at radius 2 is 2.24 bits per heavy atom. The lowest BCUT2D eigenvalue weighted by atomic mass is 10.1. The van der Waals surface area contributed by atoms with Crippen molar-refractivity contribution in [2.75, 3.05) is 37.3 Å². The molecular weight excluding hydrogens is 212 g/mol. The average molecular weight is 234 g/mol. The van der Waals surface area contributed by atoms with Crippen molar-refractivity contribution in [3.8, 4) is 0 Å². The minimum absolute atomic E-state index is 0.526. The van der Waals surface area contributed by atoms with E-state index in [4.69, 9.17) is 0 Å². The van der Waals surface area contributed by atoms with Crippen molar-refractivity contribution in [3.05, 3.63) is 18.2 Å². The van der Waals surface area contributed by atoms with E-state index in [1.807, 2.05) is 18.2 Å². The third-order valence-electron chi connectivity index (χ3n) is 3.08. The number of pyridine rings is 1. The normalized spacial score (nSPS) is 21.2. The van der Waals surface area contributed by atoms with Crippen molar-refractivity contribution in [3.63, 3.8) is 0 Å². The minimum Gasteiger partial charge on any atom is -0.370 e. The van der Waals surface area contributed by atoms with Gasteiger partial charge in [0.1, 0.15) is 11.6 Å². The summed E-state index contributed by atoms with van der Waals surface area (Å²) < 4.78 is 0. The van der Waals surface area contributed by atoms with Crippen molar-refractivity contribution >= 4 is 11.6 Å². The Labute approximate surface area is 103 Å². The van der Waals surface area contributed by atoms with Crippen LogP contribution in [0.1, 0.15) is 19.8 Å². The number of nitrogens with zero attached hydrogens (tertiary/aromatic N) is 2. The lowest BCUT2D eigenvalue weighted by Gasteiger charge is -2.30. The Kier molecular flexibility index (Phi) is 4.20. The molecule has 0 amide bonds. The first kappa shape index (κ1) is 12.2. The number of hydrogen-bond acceptors (Lipinski definition) is 4. The van der Waals surface area contributed by atoms with Gasteiger partial charge in [0.25, 0.3) is 0 Å². The fourth-order valence-electron chi connectivity index (χ4n) is 2.29. The van der Waals surface area contributed by atoms with Crippen LogP contribution in [-0.2, 0) is 0 Å². The lowest BCUT2D eigenvalue weighted by Crippen LogP contribution is -2.39. The molecule has 4 heteroatoms. The molecule has 0 bridgehead atoms. The largest absolute Gasteiger partial charge is 0.370 e. The first-order valence-corrected chi connectivity index (χ1v) is 6.44. The van der Waals surface area contributed by atoms with Crippen molar-refractivity contribution in [1.82, 2.24) is 9.88 Å². The first-order valence-electron chi connectivity index (χ1n) is 6.44.